The number of carbonyl (C=O) groups excluding carboxylic acids is 1. The molecule has 0 spiro atoms. The van der Waals surface area contributed by atoms with Crippen molar-refractivity contribution in [2.45, 2.75) is 18.8 Å². The van der Waals surface area contributed by atoms with Gasteiger partial charge in [-0.05, 0) is 35.9 Å². The predicted octanol–water partition coefficient (Wildman–Crippen LogP) is 5.29. The van der Waals surface area contributed by atoms with Gasteiger partial charge in [0.05, 0.1) is 12.5 Å². The third-order valence-corrected chi connectivity index (χ3v) is 6.22. The SMILES string of the molecule is CCOC(=O)C1CC(c2ccccc2)(c2ccccc2)C1C#Cc1ccsc1. The Bertz CT molecular complexity index is 942. The molecule has 140 valence electrons. The first-order valence-electron chi connectivity index (χ1n) is 9.57. The van der Waals surface area contributed by atoms with Crippen molar-refractivity contribution in [2.75, 3.05) is 6.61 Å². The minimum Gasteiger partial charge on any atom is -0.466 e. The Labute approximate surface area is 170 Å². The first-order valence-corrected chi connectivity index (χ1v) is 10.5. The van der Waals surface area contributed by atoms with Gasteiger partial charge in [0, 0.05) is 22.3 Å². The fourth-order valence-corrected chi connectivity index (χ4v) is 4.78. The molecule has 0 aliphatic heterocycles. The lowest BCUT2D eigenvalue weighted by Gasteiger charge is -2.52. The fraction of sp³-hybridized carbons (Fsp3) is 0.240. The normalized spacial score (nSPS) is 19.8. The van der Waals surface area contributed by atoms with Gasteiger partial charge in [0.15, 0.2) is 0 Å². The van der Waals surface area contributed by atoms with Crippen LogP contribution in [0, 0.1) is 23.7 Å². The number of esters is 1. The van der Waals surface area contributed by atoms with Crippen LogP contribution in [0.3, 0.4) is 0 Å². The molecule has 1 fully saturated rings. The molecule has 0 radical (unpaired) electrons. The Morgan fingerprint density at radius 1 is 1.07 bits per heavy atom. The second-order valence-electron chi connectivity index (χ2n) is 7.03. The number of rotatable bonds is 4. The molecule has 2 nitrogen and oxygen atoms in total. The minimum atomic E-state index is -0.303. The van der Waals surface area contributed by atoms with E-state index in [9.17, 15) is 4.79 Å². The predicted molar refractivity (Wildman–Crippen MR) is 113 cm³/mol. The Morgan fingerprint density at radius 2 is 1.71 bits per heavy atom. The second-order valence-corrected chi connectivity index (χ2v) is 7.81. The monoisotopic (exact) mass is 386 g/mol. The highest BCUT2D eigenvalue weighted by atomic mass is 32.1. The molecule has 28 heavy (non-hydrogen) atoms. The zero-order valence-electron chi connectivity index (χ0n) is 15.8. The molecule has 0 N–H and O–H groups in total. The van der Waals surface area contributed by atoms with Crippen LogP contribution in [0.5, 0.6) is 0 Å². The molecule has 0 amide bonds. The highest BCUT2D eigenvalue weighted by Crippen LogP contribution is 2.57. The summed E-state index contributed by atoms with van der Waals surface area (Å²) in [5.74, 6) is 6.27. The van der Waals surface area contributed by atoms with Crippen molar-refractivity contribution in [2.24, 2.45) is 11.8 Å². The Balaban J connectivity index is 1.83. The van der Waals surface area contributed by atoms with E-state index in [1.807, 2.05) is 35.9 Å². The van der Waals surface area contributed by atoms with Crippen LogP contribution in [0.15, 0.2) is 77.5 Å². The largest absolute Gasteiger partial charge is 0.466 e. The molecule has 4 rings (SSSR count). The van der Waals surface area contributed by atoms with Crippen molar-refractivity contribution in [3.8, 4) is 11.8 Å². The summed E-state index contributed by atoms with van der Waals surface area (Å²) >= 11 is 1.63. The van der Waals surface area contributed by atoms with Crippen LogP contribution in [0.25, 0.3) is 0 Å². The lowest BCUT2D eigenvalue weighted by atomic mass is 9.48. The summed E-state index contributed by atoms with van der Waals surface area (Å²) in [5.41, 5.74) is 3.09. The van der Waals surface area contributed by atoms with Crippen LogP contribution in [0.4, 0.5) is 0 Å². The van der Waals surface area contributed by atoms with Crippen LogP contribution in [-0.2, 0) is 14.9 Å². The number of ether oxygens (including phenoxy) is 1. The van der Waals surface area contributed by atoms with Gasteiger partial charge in [0.2, 0.25) is 0 Å². The summed E-state index contributed by atoms with van der Waals surface area (Å²) in [4.78, 5) is 12.7. The third kappa shape index (κ3) is 3.25. The number of hydrogen-bond acceptors (Lipinski definition) is 3. The molecule has 1 aromatic heterocycles. The van der Waals surface area contributed by atoms with Gasteiger partial charge >= 0.3 is 5.97 Å². The van der Waals surface area contributed by atoms with Crippen molar-refractivity contribution in [1.82, 2.24) is 0 Å². The summed E-state index contributed by atoms with van der Waals surface area (Å²) in [6.45, 7) is 2.24. The lowest BCUT2D eigenvalue weighted by molar-refractivity contribution is -0.155. The van der Waals surface area contributed by atoms with E-state index >= 15 is 0 Å². The summed E-state index contributed by atoms with van der Waals surface area (Å²) in [5, 5.41) is 4.06. The van der Waals surface area contributed by atoms with E-state index in [1.165, 1.54) is 11.1 Å². The van der Waals surface area contributed by atoms with Crippen LogP contribution in [0.1, 0.15) is 30.0 Å². The van der Waals surface area contributed by atoms with Gasteiger partial charge in [-0.25, -0.2) is 0 Å². The van der Waals surface area contributed by atoms with Gasteiger partial charge in [0.25, 0.3) is 0 Å². The topological polar surface area (TPSA) is 26.3 Å². The zero-order chi connectivity index (χ0) is 19.4. The number of thiophene rings is 1. The van der Waals surface area contributed by atoms with Gasteiger partial charge in [-0.15, -0.1) is 0 Å². The average Bonchev–Trinajstić information content (AvgIpc) is 3.23. The molecule has 0 saturated heterocycles. The van der Waals surface area contributed by atoms with Gasteiger partial charge in [-0.1, -0.05) is 72.5 Å². The molecule has 2 atom stereocenters. The van der Waals surface area contributed by atoms with Crippen LogP contribution in [0.2, 0.25) is 0 Å². The maximum Gasteiger partial charge on any atom is 0.310 e. The minimum absolute atomic E-state index is 0.128. The molecule has 0 bridgehead atoms. The van der Waals surface area contributed by atoms with Crippen LogP contribution < -0.4 is 0 Å². The molecular formula is C25H22O2S. The lowest BCUT2D eigenvalue weighted by Crippen LogP contribution is -2.54. The van der Waals surface area contributed by atoms with E-state index in [0.29, 0.717) is 13.0 Å². The van der Waals surface area contributed by atoms with Gasteiger partial charge < -0.3 is 4.74 Å². The van der Waals surface area contributed by atoms with E-state index in [0.717, 1.165) is 5.56 Å². The molecule has 1 saturated carbocycles. The number of benzene rings is 2. The Hall–Kier alpha value is -2.83. The summed E-state index contributed by atoms with van der Waals surface area (Å²) in [6.07, 6.45) is 0.711. The highest BCUT2D eigenvalue weighted by molar-refractivity contribution is 7.08. The van der Waals surface area contributed by atoms with E-state index < -0.39 is 0 Å². The van der Waals surface area contributed by atoms with Crippen molar-refractivity contribution in [3.05, 3.63) is 94.2 Å². The highest BCUT2D eigenvalue weighted by Gasteiger charge is 2.58. The Kier molecular flexibility index (Phi) is 5.32. The van der Waals surface area contributed by atoms with Crippen molar-refractivity contribution in [1.29, 1.82) is 0 Å². The number of carbonyl (C=O) groups is 1. The molecule has 3 heteroatoms. The van der Waals surface area contributed by atoms with E-state index in [1.54, 1.807) is 11.3 Å². The van der Waals surface area contributed by atoms with Crippen LogP contribution in [-0.4, -0.2) is 12.6 Å². The summed E-state index contributed by atoms with van der Waals surface area (Å²) in [7, 11) is 0. The fourth-order valence-electron chi connectivity index (χ4n) is 4.20. The zero-order valence-corrected chi connectivity index (χ0v) is 16.6. The van der Waals surface area contributed by atoms with Crippen molar-refractivity contribution in [3.63, 3.8) is 0 Å². The smallest absolute Gasteiger partial charge is 0.310 e. The van der Waals surface area contributed by atoms with Gasteiger partial charge in [0.1, 0.15) is 0 Å². The first kappa shape index (κ1) is 18.5. The average molecular weight is 387 g/mol. The first-order chi connectivity index (χ1) is 13.8. The Morgan fingerprint density at radius 3 is 2.25 bits per heavy atom. The maximum atomic E-state index is 12.7. The van der Waals surface area contributed by atoms with Crippen LogP contribution >= 0.6 is 11.3 Å². The van der Waals surface area contributed by atoms with E-state index in [-0.39, 0.29) is 23.2 Å². The quantitative estimate of drug-likeness (QED) is 0.450. The van der Waals surface area contributed by atoms with Crippen molar-refractivity contribution >= 4 is 17.3 Å². The van der Waals surface area contributed by atoms with E-state index in [4.69, 9.17) is 4.74 Å². The molecule has 3 aromatic rings. The molecule has 1 heterocycles. The maximum absolute atomic E-state index is 12.7. The van der Waals surface area contributed by atoms with Gasteiger partial charge in [-0.2, -0.15) is 11.3 Å². The molecule has 2 unspecified atom stereocenters. The second kappa shape index (κ2) is 8.04. The summed E-state index contributed by atoms with van der Waals surface area (Å²) in [6, 6.07) is 22.9. The van der Waals surface area contributed by atoms with Crippen molar-refractivity contribution < 1.29 is 9.53 Å². The molecular weight excluding hydrogens is 364 g/mol. The molecule has 2 aromatic carbocycles. The summed E-state index contributed by atoms with van der Waals surface area (Å²) < 4.78 is 5.37. The van der Waals surface area contributed by atoms with E-state index in [2.05, 4.69) is 60.4 Å². The number of hydrogen-bond donors (Lipinski definition) is 0. The molecule has 1 aliphatic rings. The standard InChI is InChI=1S/C25H22O2S/c1-2-27-24(26)22-17-25(20-9-5-3-6-10-20,21-11-7-4-8-12-21)23(22)14-13-19-15-16-28-18-19/h3-12,15-16,18,22-23H,2,17H2,1H3. The third-order valence-electron chi connectivity index (χ3n) is 5.54. The molecule has 1 aliphatic carbocycles. The van der Waals surface area contributed by atoms with Gasteiger partial charge in [-0.3, -0.25) is 4.79 Å².